The van der Waals surface area contributed by atoms with Gasteiger partial charge in [-0.2, -0.15) is 5.10 Å². The quantitative estimate of drug-likeness (QED) is 0.630. The third kappa shape index (κ3) is 3.95. The van der Waals surface area contributed by atoms with Crippen LogP contribution in [0.4, 0.5) is 0 Å². The molecule has 3 atom stereocenters. The zero-order valence-electron chi connectivity index (χ0n) is 18.1. The Hall–Kier alpha value is -2.40. The van der Waals surface area contributed by atoms with Crippen molar-refractivity contribution in [2.45, 2.75) is 59.4 Å². The minimum absolute atomic E-state index is 0.0789. The van der Waals surface area contributed by atoms with Crippen molar-refractivity contribution in [2.75, 3.05) is 0 Å². The molecule has 2 heterocycles. The smallest absolute Gasteiger partial charge is 0.256 e. The minimum atomic E-state index is -0.0789. The summed E-state index contributed by atoms with van der Waals surface area (Å²) in [4.78, 5) is 17.8. The first-order valence-electron chi connectivity index (χ1n) is 10.7. The van der Waals surface area contributed by atoms with Gasteiger partial charge in [-0.25, -0.2) is 9.50 Å². The number of carbonyl (C=O) groups excluding carboxylic acids is 1. The molecule has 0 saturated heterocycles. The van der Waals surface area contributed by atoms with Crippen molar-refractivity contribution in [1.29, 1.82) is 0 Å². The van der Waals surface area contributed by atoms with E-state index in [0.717, 1.165) is 46.8 Å². The van der Waals surface area contributed by atoms with Crippen LogP contribution in [-0.4, -0.2) is 26.5 Å². The fourth-order valence-electron chi connectivity index (χ4n) is 4.61. The van der Waals surface area contributed by atoms with E-state index in [4.69, 9.17) is 16.6 Å². The van der Waals surface area contributed by atoms with Crippen LogP contribution in [0.25, 0.3) is 5.65 Å². The summed E-state index contributed by atoms with van der Waals surface area (Å²) in [6.07, 6.45) is 5.80. The van der Waals surface area contributed by atoms with E-state index < -0.39 is 0 Å². The number of aromatic nitrogens is 3. The predicted octanol–water partition coefficient (Wildman–Crippen LogP) is 5.14. The number of nitrogens with one attached hydrogen (secondary N) is 1. The Morgan fingerprint density at radius 2 is 2.07 bits per heavy atom. The van der Waals surface area contributed by atoms with Gasteiger partial charge in [0.2, 0.25) is 0 Å². The van der Waals surface area contributed by atoms with Crippen molar-refractivity contribution >= 4 is 23.2 Å². The van der Waals surface area contributed by atoms with Gasteiger partial charge in [0, 0.05) is 28.9 Å². The van der Waals surface area contributed by atoms with Crippen molar-refractivity contribution in [3.05, 3.63) is 63.6 Å². The van der Waals surface area contributed by atoms with E-state index in [1.165, 1.54) is 6.42 Å². The molecule has 5 nitrogen and oxygen atoms in total. The van der Waals surface area contributed by atoms with Crippen LogP contribution in [0.2, 0.25) is 5.02 Å². The second kappa shape index (κ2) is 8.38. The monoisotopic (exact) mass is 424 g/mol. The molecule has 1 aliphatic rings. The summed E-state index contributed by atoms with van der Waals surface area (Å²) in [7, 11) is 0. The van der Waals surface area contributed by atoms with E-state index in [0.29, 0.717) is 23.0 Å². The second-order valence-electron chi connectivity index (χ2n) is 8.71. The van der Waals surface area contributed by atoms with Gasteiger partial charge in [-0.15, -0.1) is 0 Å². The molecule has 0 unspecified atom stereocenters. The molecule has 4 rings (SSSR count). The van der Waals surface area contributed by atoms with Crippen molar-refractivity contribution < 1.29 is 4.79 Å². The maximum absolute atomic E-state index is 13.1. The normalized spacial score (nSPS) is 21.7. The lowest BCUT2D eigenvalue weighted by Gasteiger charge is -2.34. The lowest BCUT2D eigenvalue weighted by Crippen LogP contribution is -2.43. The highest BCUT2D eigenvalue weighted by Gasteiger charge is 2.29. The zero-order chi connectivity index (χ0) is 21.4. The van der Waals surface area contributed by atoms with Crippen LogP contribution in [0, 0.1) is 25.7 Å². The summed E-state index contributed by atoms with van der Waals surface area (Å²) in [5, 5.41) is 8.46. The molecule has 0 spiro atoms. The van der Waals surface area contributed by atoms with Crippen molar-refractivity contribution in [3.8, 4) is 0 Å². The molecule has 0 aliphatic heterocycles. The van der Waals surface area contributed by atoms with E-state index in [-0.39, 0.29) is 11.9 Å². The van der Waals surface area contributed by atoms with Crippen LogP contribution < -0.4 is 5.32 Å². The van der Waals surface area contributed by atoms with Gasteiger partial charge in [0.05, 0.1) is 6.20 Å². The van der Waals surface area contributed by atoms with Crippen molar-refractivity contribution in [2.24, 2.45) is 11.8 Å². The number of hydrogen-bond acceptors (Lipinski definition) is 3. The molecular weight excluding hydrogens is 396 g/mol. The maximum atomic E-state index is 13.1. The Balaban J connectivity index is 1.63. The molecule has 1 amide bonds. The Labute approximate surface area is 182 Å². The summed E-state index contributed by atoms with van der Waals surface area (Å²) in [6, 6.07) is 8.07. The Bertz CT molecular complexity index is 1090. The third-order valence-electron chi connectivity index (χ3n) is 6.75. The number of aryl methyl sites for hydroxylation is 2. The van der Waals surface area contributed by atoms with Crippen LogP contribution in [-0.2, 0) is 6.42 Å². The fourth-order valence-corrected chi connectivity index (χ4v) is 4.82. The zero-order valence-corrected chi connectivity index (χ0v) is 18.8. The molecular formula is C24H29ClN4O. The summed E-state index contributed by atoms with van der Waals surface area (Å²) in [6.45, 7) is 8.53. The SMILES string of the molecule is Cc1nc2c(C(=O)N[C@@H]3CCC[C@H](C)[C@@H]3C)cnn2c(C)c1Cc1cccc(Cl)c1. The number of rotatable bonds is 4. The van der Waals surface area contributed by atoms with Gasteiger partial charge in [0.15, 0.2) is 5.65 Å². The second-order valence-corrected chi connectivity index (χ2v) is 9.15. The first-order chi connectivity index (χ1) is 14.3. The molecule has 1 aromatic carbocycles. The molecule has 1 aliphatic carbocycles. The van der Waals surface area contributed by atoms with Gasteiger partial charge < -0.3 is 5.32 Å². The first-order valence-corrected chi connectivity index (χ1v) is 11.1. The molecule has 3 aromatic rings. The topological polar surface area (TPSA) is 59.3 Å². The third-order valence-corrected chi connectivity index (χ3v) is 6.98. The maximum Gasteiger partial charge on any atom is 0.256 e. The highest BCUT2D eigenvalue weighted by molar-refractivity contribution is 6.30. The number of benzene rings is 1. The standard InChI is InChI=1S/C24H29ClN4O/c1-14-7-5-10-22(15(14)2)28-24(30)21-13-26-29-17(4)20(16(3)27-23(21)29)12-18-8-6-9-19(25)11-18/h6,8-9,11,13-15,22H,5,7,10,12H2,1-4H3,(H,28,30)/t14-,15-,22+/m0/s1. The number of amides is 1. The minimum Gasteiger partial charge on any atom is -0.349 e. The number of halogens is 1. The number of nitrogens with zero attached hydrogens (tertiary/aromatic N) is 3. The van der Waals surface area contributed by atoms with Gasteiger partial charge in [-0.05, 0) is 55.4 Å². The van der Waals surface area contributed by atoms with Crippen LogP contribution >= 0.6 is 11.6 Å². The van der Waals surface area contributed by atoms with Crippen molar-refractivity contribution in [1.82, 2.24) is 19.9 Å². The van der Waals surface area contributed by atoms with E-state index >= 15 is 0 Å². The summed E-state index contributed by atoms with van der Waals surface area (Å²) in [5.74, 6) is 1.03. The van der Waals surface area contributed by atoms with E-state index in [1.54, 1.807) is 10.7 Å². The highest BCUT2D eigenvalue weighted by Crippen LogP contribution is 2.30. The number of carbonyl (C=O) groups is 1. The largest absolute Gasteiger partial charge is 0.349 e. The fraction of sp³-hybridized carbons (Fsp3) is 0.458. The average Bonchev–Trinajstić information content (AvgIpc) is 3.13. The Kier molecular flexibility index (Phi) is 5.83. The van der Waals surface area contributed by atoms with Crippen LogP contribution in [0.5, 0.6) is 0 Å². The molecule has 1 N–H and O–H groups in total. The van der Waals surface area contributed by atoms with Gasteiger partial charge in [0.1, 0.15) is 5.56 Å². The molecule has 158 valence electrons. The van der Waals surface area contributed by atoms with Crippen LogP contribution in [0.3, 0.4) is 0 Å². The summed E-state index contributed by atoms with van der Waals surface area (Å²) in [5.41, 5.74) is 5.30. The van der Waals surface area contributed by atoms with Crippen LogP contribution in [0.1, 0.15) is 66.0 Å². The lowest BCUT2D eigenvalue weighted by molar-refractivity contribution is 0.0892. The van der Waals surface area contributed by atoms with Gasteiger partial charge in [-0.1, -0.05) is 50.4 Å². The Morgan fingerprint density at radius 3 is 2.83 bits per heavy atom. The summed E-state index contributed by atoms with van der Waals surface area (Å²) < 4.78 is 1.79. The highest BCUT2D eigenvalue weighted by atomic mass is 35.5. The van der Waals surface area contributed by atoms with Crippen LogP contribution in [0.15, 0.2) is 30.5 Å². The molecule has 1 saturated carbocycles. The lowest BCUT2D eigenvalue weighted by atomic mass is 9.78. The molecule has 0 radical (unpaired) electrons. The molecule has 2 aromatic heterocycles. The first kappa shape index (κ1) is 20.9. The van der Waals surface area contributed by atoms with E-state index in [1.807, 2.05) is 32.0 Å². The molecule has 30 heavy (non-hydrogen) atoms. The number of hydrogen-bond donors (Lipinski definition) is 1. The van der Waals surface area contributed by atoms with Crippen molar-refractivity contribution in [3.63, 3.8) is 0 Å². The van der Waals surface area contributed by atoms with Gasteiger partial charge in [0.25, 0.3) is 5.91 Å². The number of fused-ring (bicyclic) bond motifs is 1. The van der Waals surface area contributed by atoms with E-state index in [2.05, 4.69) is 30.3 Å². The molecule has 6 heteroatoms. The van der Waals surface area contributed by atoms with Gasteiger partial charge in [-0.3, -0.25) is 4.79 Å². The molecule has 1 fully saturated rings. The molecule has 0 bridgehead atoms. The average molecular weight is 425 g/mol. The predicted molar refractivity (Wildman–Crippen MR) is 120 cm³/mol. The summed E-state index contributed by atoms with van der Waals surface area (Å²) >= 11 is 6.15. The van der Waals surface area contributed by atoms with Gasteiger partial charge >= 0.3 is 0 Å². The Morgan fingerprint density at radius 1 is 1.27 bits per heavy atom. The van der Waals surface area contributed by atoms with E-state index in [9.17, 15) is 4.79 Å².